The van der Waals surface area contributed by atoms with E-state index in [4.69, 9.17) is 0 Å². The summed E-state index contributed by atoms with van der Waals surface area (Å²) >= 11 is 0. The van der Waals surface area contributed by atoms with Gasteiger partial charge in [-0.25, -0.2) is 0 Å². The minimum Gasteiger partial charge on any atom is -0.0882 e. The zero-order chi connectivity index (χ0) is 7.61. The Morgan fingerprint density at radius 3 is 2.60 bits per heavy atom. The first kappa shape index (κ1) is 7.84. The van der Waals surface area contributed by atoms with Crippen molar-refractivity contribution in [3.8, 4) is 0 Å². The lowest BCUT2D eigenvalue weighted by Crippen LogP contribution is -2.19. The van der Waals surface area contributed by atoms with Crippen molar-refractivity contribution < 1.29 is 0 Å². The largest absolute Gasteiger partial charge is 0.0882 e. The van der Waals surface area contributed by atoms with E-state index in [0.717, 1.165) is 5.92 Å². The summed E-state index contributed by atoms with van der Waals surface area (Å²) in [5.74, 6) is 0.845. The molecule has 0 aromatic rings. The van der Waals surface area contributed by atoms with Crippen molar-refractivity contribution in [2.24, 2.45) is 11.3 Å². The predicted octanol–water partition coefficient (Wildman–Crippen LogP) is 3.39. The van der Waals surface area contributed by atoms with Crippen LogP contribution in [-0.2, 0) is 0 Å². The van der Waals surface area contributed by atoms with Gasteiger partial charge in [-0.05, 0) is 24.2 Å². The molecule has 0 N–H and O–H groups in total. The third-order valence-corrected chi connectivity index (χ3v) is 2.93. The molecule has 1 aliphatic carbocycles. The Morgan fingerprint density at radius 2 is 2.20 bits per heavy atom. The molecule has 0 bridgehead atoms. The van der Waals surface area contributed by atoms with Gasteiger partial charge in [0, 0.05) is 0 Å². The molecule has 58 valence electrons. The van der Waals surface area contributed by atoms with Crippen LogP contribution in [0.2, 0.25) is 0 Å². The van der Waals surface area contributed by atoms with Crippen LogP contribution in [0.3, 0.4) is 0 Å². The fraction of sp³-hybridized carbons (Fsp3) is 0.800. The molecular weight excluding hydrogens is 120 g/mol. The average Bonchev–Trinajstić information content (AvgIpc) is 2.38. The highest BCUT2D eigenvalue weighted by molar-refractivity contribution is 5.01. The van der Waals surface area contributed by atoms with Gasteiger partial charge >= 0.3 is 0 Å². The summed E-state index contributed by atoms with van der Waals surface area (Å²) in [6.07, 6.45) is 8.68. The molecule has 0 aromatic heterocycles. The summed E-state index contributed by atoms with van der Waals surface area (Å²) in [6.45, 7) is 7.02. The first-order valence-electron chi connectivity index (χ1n) is 4.33. The first-order chi connectivity index (χ1) is 4.67. The molecule has 1 unspecified atom stereocenters. The second kappa shape index (κ2) is 2.77. The zero-order valence-electron chi connectivity index (χ0n) is 7.35. The minimum atomic E-state index is 0.535. The van der Waals surface area contributed by atoms with E-state index < -0.39 is 0 Å². The third kappa shape index (κ3) is 1.42. The lowest BCUT2D eigenvalue weighted by atomic mass is 9.76. The Hall–Kier alpha value is -0.260. The van der Waals surface area contributed by atoms with E-state index in [1.807, 2.05) is 0 Å². The predicted molar refractivity (Wildman–Crippen MR) is 45.9 cm³/mol. The molecule has 0 heteroatoms. The Bertz CT molecular complexity index is 131. The zero-order valence-corrected chi connectivity index (χ0v) is 7.35. The van der Waals surface area contributed by atoms with Crippen molar-refractivity contribution in [2.75, 3.05) is 0 Å². The Kier molecular flexibility index (Phi) is 2.18. The van der Waals surface area contributed by atoms with E-state index in [1.165, 1.54) is 19.3 Å². The SMILES string of the molecule is CCC(C)(C)C1C=CCC1. The smallest absolute Gasteiger partial charge is 0.0179 e. The van der Waals surface area contributed by atoms with Crippen LogP contribution in [0.4, 0.5) is 0 Å². The molecule has 0 spiro atoms. The van der Waals surface area contributed by atoms with Crippen LogP contribution in [-0.4, -0.2) is 0 Å². The molecule has 0 nitrogen and oxygen atoms in total. The molecule has 0 saturated heterocycles. The van der Waals surface area contributed by atoms with Gasteiger partial charge in [-0.1, -0.05) is 39.3 Å². The van der Waals surface area contributed by atoms with E-state index in [2.05, 4.69) is 32.9 Å². The molecule has 0 amide bonds. The summed E-state index contributed by atoms with van der Waals surface area (Å²) in [4.78, 5) is 0. The third-order valence-electron chi connectivity index (χ3n) is 2.93. The van der Waals surface area contributed by atoms with Crippen molar-refractivity contribution in [1.82, 2.24) is 0 Å². The van der Waals surface area contributed by atoms with Crippen LogP contribution >= 0.6 is 0 Å². The van der Waals surface area contributed by atoms with E-state index in [1.54, 1.807) is 0 Å². The number of rotatable bonds is 2. The molecule has 0 saturated carbocycles. The number of allylic oxidation sites excluding steroid dienone is 2. The second-order valence-corrected chi connectivity index (χ2v) is 3.95. The maximum atomic E-state index is 2.39. The van der Waals surface area contributed by atoms with Gasteiger partial charge < -0.3 is 0 Å². The van der Waals surface area contributed by atoms with E-state index in [0.29, 0.717) is 5.41 Å². The fourth-order valence-electron chi connectivity index (χ4n) is 1.55. The van der Waals surface area contributed by atoms with Crippen LogP contribution in [0.1, 0.15) is 40.0 Å². The van der Waals surface area contributed by atoms with Crippen LogP contribution in [0.25, 0.3) is 0 Å². The maximum absolute atomic E-state index is 2.39. The van der Waals surface area contributed by atoms with Crippen molar-refractivity contribution in [3.63, 3.8) is 0 Å². The molecule has 10 heavy (non-hydrogen) atoms. The van der Waals surface area contributed by atoms with Crippen LogP contribution < -0.4 is 0 Å². The van der Waals surface area contributed by atoms with E-state index in [-0.39, 0.29) is 0 Å². The normalized spacial score (nSPS) is 25.7. The highest BCUT2D eigenvalue weighted by Gasteiger charge is 2.26. The molecule has 0 aromatic carbocycles. The summed E-state index contributed by atoms with van der Waals surface area (Å²) < 4.78 is 0. The van der Waals surface area contributed by atoms with E-state index in [9.17, 15) is 0 Å². The van der Waals surface area contributed by atoms with Crippen molar-refractivity contribution >= 4 is 0 Å². The van der Waals surface area contributed by atoms with Gasteiger partial charge in [-0.3, -0.25) is 0 Å². The number of hydrogen-bond donors (Lipinski definition) is 0. The summed E-state index contributed by atoms with van der Waals surface area (Å²) in [5.41, 5.74) is 0.535. The number of hydrogen-bond acceptors (Lipinski definition) is 0. The van der Waals surface area contributed by atoms with Gasteiger partial charge in [0.2, 0.25) is 0 Å². The highest BCUT2D eigenvalue weighted by atomic mass is 14.3. The second-order valence-electron chi connectivity index (χ2n) is 3.95. The maximum Gasteiger partial charge on any atom is -0.0179 e. The quantitative estimate of drug-likeness (QED) is 0.513. The lowest BCUT2D eigenvalue weighted by molar-refractivity contribution is 0.246. The van der Waals surface area contributed by atoms with Crippen LogP contribution in [0.5, 0.6) is 0 Å². The Balaban J connectivity index is 2.54. The van der Waals surface area contributed by atoms with Gasteiger partial charge in [0.15, 0.2) is 0 Å². The molecule has 0 aliphatic heterocycles. The summed E-state index contributed by atoms with van der Waals surface area (Å²) in [7, 11) is 0. The molecule has 0 fully saturated rings. The molecular formula is C10H18. The molecule has 1 rings (SSSR count). The Labute approximate surface area is 64.3 Å². The van der Waals surface area contributed by atoms with Crippen LogP contribution in [0.15, 0.2) is 12.2 Å². The van der Waals surface area contributed by atoms with Crippen LogP contribution in [0, 0.1) is 11.3 Å². The average molecular weight is 138 g/mol. The molecule has 0 heterocycles. The van der Waals surface area contributed by atoms with Gasteiger partial charge in [0.05, 0.1) is 0 Å². The fourth-order valence-corrected chi connectivity index (χ4v) is 1.55. The standard InChI is InChI=1S/C10H18/c1-4-10(2,3)9-7-5-6-8-9/h5,7,9H,4,6,8H2,1-3H3. The van der Waals surface area contributed by atoms with Gasteiger partial charge in [0.1, 0.15) is 0 Å². The first-order valence-corrected chi connectivity index (χ1v) is 4.33. The minimum absolute atomic E-state index is 0.535. The van der Waals surface area contributed by atoms with Crippen molar-refractivity contribution in [3.05, 3.63) is 12.2 Å². The van der Waals surface area contributed by atoms with Crippen molar-refractivity contribution in [2.45, 2.75) is 40.0 Å². The monoisotopic (exact) mass is 138 g/mol. The van der Waals surface area contributed by atoms with Crippen molar-refractivity contribution in [1.29, 1.82) is 0 Å². The van der Waals surface area contributed by atoms with Gasteiger partial charge in [0.25, 0.3) is 0 Å². The van der Waals surface area contributed by atoms with Gasteiger partial charge in [-0.15, -0.1) is 0 Å². The lowest BCUT2D eigenvalue weighted by Gasteiger charge is -2.28. The summed E-state index contributed by atoms with van der Waals surface area (Å²) in [5, 5.41) is 0. The van der Waals surface area contributed by atoms with Gasteiger partial charge in [-0.2, -0.15) is 0 Å². The Morgan fingerprint density at radius 1 is 1.50 bits per heavy atom. The highest BCUT2D eigenvalue weighted by Crippen LogP contribution is 2.37. The molecule has 1 aliphatic rings. The molecule has 1 atom stereocenters. The molecule has 0 radical (unpaired) electrons. The topological polar surface area (TPSA) is 0 Å². The van der Waals surface area contributed by atoms with E-state index >= 15 is 0 Å². The summed E-state index contributed by atoms with van der Waals surface area (Å²) in [6, 6.07) is 0.